The highest BCUT2D eigenvalue weighted by atomic mass is 16.7. The van der Waals surface area contributed by atoms with Gasteiger partial charge in [0, 0.05) is 24.9 Å². The third kappa shape index (κ3) is 14.9. The fourth-order valence-electron chi connectivity index (χ4n) is 5.38. The van der Waals surface area contributed by atoms with Crippen LogP contribution in [-0.4, -0.2) is 82.0 Å². The van der Waals surface area contributed by atoms with E-state index >= 15 is 0 Å². The molecule has 3 atom stereocenters. The number of nitrogens with zero attached hydrogens (tertiary/aromatic N) is 3. The molecule has 3 rings (SSSR count). The molecule has 2 aromatic rings. The van der Waals surface area contributed by atoms with Crippen LogP contribution in [0.25, 0.3) is 0 Å². The molecule has 1 aromatic carbocycles. The standard InChI is InChI=1S/C37H54N4O9.CH3B/c1-8-25(2)11-9-12-26(3)13-10-17-41-22-32(39-40-41)37(6,7)48-18-16-36(4,5)38-34(44)29-19-27(23-47-24-42)14-15-30(29)49-33-21-28(43)20-31(50-33)35(45)46;1-2/h8,12,14-15,19,22,24,28,31,33,43H,9-11,13,16-18,20-21,23H2,1-7H3,(H,38,44)(H,45,46);1H3/b25-8+,26-12+;. The number of amides is 1. The molecule has 1 aromatic heterocycles. The molecule has 0 bridgehead atoms. The average Bonchev–Trinajstić information content (AvgIpc) is 3.58. The molecule has 2 radical (unpaired) electrons. The highest BCUT2D eigenvalue weighted by molar-refractivity contribution is 6.05. The molecule has 1 saturated heterocycles. The average molecular weight is 725 g/mol. The van der Waals surface area contributed by atoms with Gasteiger partial charge < -0.3 is 34.5 Å². The zero-order valence-electron chi connectivity index (χ0n) is 32.0. The molecule has 3 N–H and O–H groups in total. The Balaban J connectivity index is 0.00000460. The first kappa shape index (κ1) is 44.2. The summed E-state index contributed by atoms with van der Waals surface area (Å²) in [6.45, 7) is 16.8. The minimum absolute atomic E-state index is 0.0291. The van der Waals surface area contributed by atoms with Crippen LogP contribution in [0.1, 0.15) is 115 Å². The van der Waals surface area contributed by atoms with Crippen molar-refractivity contribution in [1.29, 1.82) is 0 Å². The van der Waals surface area contributed by atoms with Crippen LogP contribution in [0.4, 0.5) is 0 Å². The van der Waals surface area contributed by atoms with Gasteiger partial charge in [-0.3, -0.25) is 14.3 Å². The number of carbonyl (C=O) groups excluding carboxylic acids is 2. The lowest BCUT2D eigenvalue weighted by molar-refractivity contribution is -0.195. The van der Waals surface area contributed by atoms with Crippen molar-refractivity contribution in [3.8, 4) is 5.75 Å². The normalized spacial score (nSPS) is 18.2. The number of aliphatic hydroxyl groups is 1. The number of carbonyl (C=O) groups is 3. The van der Waals surface area contributed by atoms with Gasteiger partial charge in [0.05, 0.1) is 32.3 Å². The quantitative estimate of drug-likeness (QED) is 0.0856. The maximum absolute atomic E-state index is 13.6. The summed E-state index contributed by atoms with van der Waals surface area (Å²) < 4.78 is 24.4. The zero-order chi connectivity index (χ0) is 38.9. The second kappa shape index (κ2) is 21.5. The van der Waals surface area contributed by atoms with Gasteiger partial charge in [-0.25, -0.2) is 4.79 Å². The molecule has 1 aliphatic heterocycles. The van der Waals surface area contributed by atoms with E-state index in [0.29, 0.717) is 30.8 Å². The maximum Gasteiger partial charge on any atom is 0.333 e. The zero-order valence-corrected chi connectivity index (χ0v) is 32.0. The third-order valence-electron chi connectivity index (χ3n) is 8.69. The van der Waals surface area contributed by atoms with Crippen molar-refractivity contribution in [3.05, 3.63) is 64.5 Å². The summed E-state index contributed by atoms with van der Waals surface area (Å²) in [5, 5.41) is 31.3. The summed E-state index contributed by atoms with van der Waals surface area (Å²) in [5.41, 5.74) is 2.73. The Kier molecular flexibility index (Phi) is 18.3. The number of hydrogen-bond acceptors (Lipinski definition) is 10. The summed E-state index contributed by atoms with van der Waals surface area (Å²) in [4.78, 5) is 35.9. The number of carboxylic acids is 1. The summed E-state index contributed by atoms with van der Waals surface area (Å²) in [7, 11) is 4.50. The van der Waals surface area contributed by atoms with Gasteiger partial charge in [-0.2, -0.15) is 0 Å². The fraction of sp³-hybridized carbons (Fsp3) is 0.605. The highest BCUT2D eigenvalue weighted by Crippen LogP contribution is 2.29. The van der Waals surface area contributed by atoms with E-state index in [4.69, 9.17) is 18.9 Å². The van der Waals surface area contributed by atoms with E-state index in [1.165, 1.54) is 30.1 Å². The number of aliphatic carboxylic acids is 1. The minimum atomic E-state index is -1.24. The molecule has 1 aliphatic rings. The molecule has 286 valence electrons. The molecule has 1 amide bonds. The molecule has 14 heteroatoms. The molecule has 0 saturated carbocycles. The second-order valence-corrected chi connectivity index (χ2v) is 14.0. The van der Waals surface area contributed by atoms with Gasteiger partial charge in [0.1, 0.15) is 23.7 Å². The van der Waals surface area contributed by atoms with Gasteiger partial charge in [0.2, 0.25) is 6.29 Å². The smallest absolute Gasteiger partial charge is 0.333 e. The van der Waals surface area contributed by atoms with Crippen LogP contribution in [0.2, 0.25) is 6.82 Å². The van der Waals surface area contributed by atoms with E-state index in [1.54, 1.807) is 6.07 Å². The largest absolute Gasteiger partial charge is 0.479 e. The number of carboxylic acid groups (broad SMARTS) is 1. The minimum Gasteiger partial charge on any atom is -0.479 e. The van der Waals surface area contributed by atoms with E-state index in [9.17, 15) is 24.6 Å². The number of allylic oxidation sites excluding steroid dienone is 4. The maximum atomic E-state index is 13.6. The Morgan fingerprint density at radius 3 is 2.54 bits per heavy atom. The van der Waals surface area contributed by atoms with Gasteiger partial charge >= 0.3 is 5.97 Å². The number of aromatic nitrogens is 3. The van der Waals surface area contributed by atoms with Gasteiger partial charge in [-0.15, -0.1) is 5.10 Å². The summed E-state index contributed by atoms with van der Waals surface area (Å²) in [6.07, 6.45) is 7.63. The van der Waals surface area contributed by atoms with Crippen LogP contribution in [0, 0.1) is 0 Å². The van der Waals surface area contributed by atoms with Crippen LogP contribution >= 0.6 is 0 Å². The Bertz CT molecular complexity index is 1500. The summed E-state index contributed by atoms with van der Waals surface area (Å²) in [6, 6.07) is 4.67. The Hall–Kier alpha value is -4.01. The van der Waals surface area contributed by atoms with Crippen molar-refractivity contribution in [2.45, 2.75) is 143 Å². The molecule has 0 aliphatic carbocycles. The first-order valence-electron chi connectivity index (χ1n) is 17.8. The monoisotopic (exact) mass is 724 g/mol. The topological polar surface area (TPSA) is 171 Å². The second-order valence-electron chi connectivity index (χ2n) is 14.0. The molecule has 1 fully saturated rings. The molecular weight excluding hydrogens is 667 g/mol. The fourth-order valence-corrected chi connectivity index (χ4v) is 5.38. The van der Waals surface area contributed by atoms with Crippen molar-refractivity contribution >= 4 is 26.2 Å². The van der Waals surface area contributed by atoms with Crippen LogP contribution < -0.4 is 10.1 Å². The van der Waals surface area contributed by atoms with Gasteiger partial charge in [-0.05, 0) is 98.3 Å². The Morgan fingerprint density at radius 1 is 1.13 bits per heavy atom. The van der Waals surface area contributed by atoms with Crippen molar-refractivity contribution in [2.75, 3.05) is 6.61 Å². The number of rotatable bonds is 20. The first-order chi connectivity index (χ1) is 24.6. The Morgan fingerprint density at radius 2 is 1.87 bits per heavy atom. The molecule has 2 heterocycles. The number of aryl methyl sites for hydroxylation is 1. The highest BCUT2D eigenvalue weighted by Gasteiger charge is 2.35. The van der Waals surface area contributed by atoms with Crippen molar-refractivity contribution in [1.82, 2.24) is 20.3 Å². The Labute approximate surface area is 309 Å². The number of aliphatic hydroxyl groups excluding tert-OH is 1. The van der Waals surface area contributed by atoms with E-state index in [0.717, 1.165) is 32.2 Å². The van der Waals surface area contributed by atoms with E-state index in [-0.39, 0.29) is 30.8 Å². The summed E-state index contributed by atoms with van der Waals surface area (Å²) >= 11 is 0. The SMILES string of the molecule is C/C=C(\C)CC/C=C(\C)CCCn1cc(C(C)(C)OCCC(C)(C)NC(=O)c2cc(COC=O)ccc2OC2CC(O)CC(C(=O)O)O2)nn1.[B]C. The van der Waals surface area contributed by atoms with Crippen molar-refractivity contribution in [3.63, 3.8) is 0 Å². The summed E-state index contributed by atoms with van der Waals surface area (Å²) in [5.74, 6) is -1.56. The predicted octanol–water partition coefficient (Wildman–Crippen LogP) is 5.81. The first-order valence-corrected chi connectivity index (χ1v) is 17.8. The molecule has 13 nitrogen and oxygen atoms in total. The van der Waals surface area contributed by atoms with Gasteiger partial charge in [0.15, 0.2) is 6.10 Å². The van der Waals surface area contributed by atoms with E-state index in [2.05, 4.69) is 56.4 Å². The third-order valence-corrected chi connectivity index (χ3v) is 8.69. The lowest BCUT2D eigenvalue weighted by Crippen LogP contribution is -2.45. The number of hydrogen-bond donors (Lipinski definition) is 3. The lowest BCUT2D eigenvalue weighted by atomic mass is 9.99. The van der Waals surface area contributed by atoms with Crippen LogP contribution in [-0.2, 0) is 42.6 Å². The lowest BCUT2D eigenvalue weighted by Gasteiger charge is -2.32. The molecule has 0 spiro atoms. The number of ether oxygens (including phenoxy) is 4. The molecular formula is C38H57BN4O9. The van der Waals surface area contributed by atoms with Crippen molar-refractivity contribution in [2.24, 2.45) is 0 Å². The van der Waals surface area contributed by atoms with Crippen LogP contribution in [0.5, 0.6) is 5.75 Å². The van der Waals surface area contributed by atoms with Crippen LogP contribution in [0.15, 0.2) is 47.7 Å². The number of nitrogens with one attached hydrogen (secondary N) is 1. The van der Waals surface area contributed by atoms with E-state index in [1.807, 2.05) is 38.6 Å². The van der Waals surface area contributed by atoms with Crippen LogP contribution in [0.3, 0.4) is 0 Å². The molecule has 3 unspecified atom stereocenters. The molecule has 52 heavy (non-hydrogen) atoms. The predicted molar refractivity (Wildman–Crippen MR) is 198 cm³/mol. The van der Waals surface area contributed by atoms with Crippen molar-refractivity contribution < 1.29 is 43.5 Å². The van der Waals surface area contributed by atoms with E-state index < -0.39 is 41.5 Å². The van der Waals surface area contributed by atoms with Gasteiger partial charge in [0.25, 0.3) is 12.4 Å². The number of benzene rings is 1. The van der Waals surface area contributed by atoms with Gasteiger partial charge in [-0.1, -0.05) is 41.4 Å².